The smallest absolute Gasteiger partial charge is 0.338 e. The Labute approximate surface area is 145 Å². The topological polar surface area (TPSA) is 85.4 Å². The predicted octanol–water partition coefficient (Wildman–Crippen LogP) is 2.96. The first kappa shape index (κ1) is 16.9. The number of nitrogens with one attached hydrogen (secondary N) is 1. The summed E-state index contributed by atoms with van der Waals surface area (Å²) in [6.07, 6.45) is 2.74. The van der Waals surface area contributed by atoms with Gasteiger partial charge in [0.1, 0.15) is 6.61 Å². The highest BCUT2D eigenvalue weighted by atomic mass is 32.2. The number of hydrogen-bond acceptors (Lipinski definition) is 5. The van der Waals surface area contributed by atoms with Gasteiger partial charge in [0.2, 0.25) is 10.0 Å². The lowest BCUT2D eigenvalue weighted by Gasteiger charge is -2.09. The van der Waals surface area contributed by atoms with Crippen molar-refractivity contribution in [3.05, 3.63) is 71.9 Å². The summed E-state index contributed by atoms with van der Waals surface area (Å²) >= 11 is 0. The standard InChI is InChI=1S/C18H16N2O4S/c1-25(22,23)20-16-9-3-6-14(11-16)18(21)24-12-15-7-2-5-13-8-4-10-19-17(13)15/h2-11,20H,12H2,1H3. The van der Waals surface area contributed by atoms with Crippen LogP contribution in [-0.4, -0.2) is 25.6 Å². The van der Waals surface area contributed by atoms with Crippen LogP contribution in [0.2, 0.25) is 0 Å². The Morgan fingerprint density at radius 1 is 1.12 bits per heavy atom. The van der Waals surface area contributed by atoms with Gasteiger partial charge in [-0.05, 0) is 24.3 Å². The number of pyridine rings is 1. The van der Waals surface area contributed by atoms with Crippen molar-refractivity contribution in [1.29, 1.82) is 0 Å². The van der Waals surface area contributed by atoms with Crippen LogP contribution in [0.3, 0.4) is 0 Å². The maximum Gasteiger partial charge on any atom is 0.338 e. The van der Waals surface area contributed by atoms with Gasteiger partial charge in [0.25, 0.3) is 0 Å². The number of ether oxygens (including phenoxy) is 1. The molecule has 0 radical (unpaired) electrons. The van der Waals surface area contributed by atoms with Gasteiger partial charge >= 0.3 is 5.97 Å². The average Bonchev–Trinajstić information content (AvgIpc) is 2.58. The number of carbonyl (C=O) groups is 1. The molecule has 128 valence electrons. The first-order valence-electron chi connectivity index (χ1n) is 7.50. The van der Waals surface area contributed by atoms with Crippen LogP contribution in [-0.2, 0) is 21.4 Å². The molecular formula is C18H16N2O4S. The Kier molecular flexibility index (Phi) is 4.67. The first-order chi connectivity index (χ1) is 11.9. The molecule has 7 heteroatoms. The van der Waals surface area contributed by atoms with Crippen LogP contribution in [0.4, 0.5) is 5.69 Å². The second-order valence-corrected chi connectivity index (χ2v) is 7.27. The van der Waals surface area contributed by atoms with Crippen molar-refractivity contribution >= 4 is 32.6 Å². The maximum absolute atomic E-state index is 12.3. The molecule has 0 amide bonds. The number of nitrogens with zero attached hydrogens (tertiary/aromatic N) is 1. The van der Waals surface area contributed by atoms with Gasteiger partial charge in [0, 0.05) is 22.8 Å². The third kappa shape index (κ3) is 4.33. The molecule has 3 rings (SSSR count). The van der Waals surface area contributed by atoms with Crippen LogP contribution < -0.4 is 4.72 Å². The number of para-hydroxylation sites is 1. The molecule has 0 atom stereocenters. The minimum absolute atomic E-state index is 0.0803. The second kappa shape index (κ2) is 6.90. The fraction of sp³-hybridized carbons (Fsp3) is 0.111. The lowest BCUT2D eigenvalue weighted by atomic mass is 10.1. The largest absolute Gasteiger partial charge is 0.457 e. The molecule has 0 fully saturated rings. The van der Waals surface area contributed by atoms with E-state index in [-0.39, 0.29) is 12.2 Å². The van der Waals surface area contributed by atoms with Crippen molar-refractivity contribution in [2.45, 2.75) is 6.61 Å². The van der Waals surface area contributed by atoms with Crippen molar-refractivity contribution in [3.63, 3.8) is 0 Å². The quantitative estimate of drug-likeness (QED) is 0.711. The van der Waals surface area contributed by atoms with Gasteiger partial charge in [-0.1, -0.05) is 30.3 Å². The molecule has 2 aromatic carbocycles. The highest BCUT2D eigenvalue weighted by Crippen LogP contribution is 2.18. The molecule has 3 aromatic rings. The van der Waals surface area contributed by atoms with E-state index >= 15 is 0 Å². The summed E-state index contributed by atoms with van der Waals surface area (Å²) in [6, 6.07) is 15.6. The lowest BCUT2D eigenvalue weighted by Crippen LogP contribution is -2.11. The zero-order valence-corrected chi connectivity index (χ0v) is 14.3. The molecular weight excluding hydrogens is 340 g/mol. The number of anilines is 1. The van der Waals surface area contributed by atoms with E-state index in [2.05, 4.69) is 9.71 Å². The Balaban J connectivity index is 1.75. The molecule has 0 saturated carbocycles. The molecule has 0 spiro atoms. The van der Waals surface area contributed by atoms with E-state index in [0.29, 0.717) is 5.69 Å². The number of fused-ring (bicyclic) bond motifs is 1. The van der Waals surface area contributed by atoms with Crippen molar-refractivity contribution in [3.8, 4) is 0 Å². The van der Waals surface area contributed by atoms with Crippen LogP contribution in [0.25, 0.3) is 10.9 Å². The van der Waals surface area contributed by atoms with Crippen molar-refractivity contribution in [2.75, 3.05) is 11.0 Å². The van der Waals surface area contributed by atoms with E-state index in [1.54, 1.807) is 24.4 Å². The summed E-state index contributed by atoms with van der Waals surface area (Å²) in [5.41, 5.74) is 2.16. The molecule has 0 aliphatic rings. The Bertz CT molecular complexity index is 1030. The van der Waals surface area contributed by atoms with Crippen molar-refractivity contribution in [2.24, 2.45) is 0 Å². The number of hydrogen-bond donors (Lipinski definition) is 1. The van der Waals surface area contributed by atoms with Gasteiger partial charge in [0.15, 0.2) is 0 Å². The van der Waals surface area contributed by atoms with Gasteiger partial charge < -0.3 is 4.74 Å². The second-order valence-electron chi connectivity index (χ2n) is 5.52. The van der Waals surface area contributed by atoms with Gasteiger partial charge in [-0.2, -0.15) is 0 Å². The van der Waals surface area contributed by atoms with E-state index in [1.165, 1.54) is 6.07 Å². The molecule has 1 aromatic heterocycles. The summed E-state index contributed by atoms with van der Waals surface area (Å²) in [5.74, 6) is -0.537. The summed E-state index contributed by atoms with van der Waals surface area (Å²) in [7, 11) is -3.41. The zero-order valence-electron chi connectivity index (χ0n) is 13.5. The summed E-state index contributed by atoms with van der Waals surface area (Å²) in [6.45, 7) is 0.0803. The number of sulfonamides is 1. The van der Waals surface area contributed by atoms with Crippen LogP contribution in [0.5, 0.6) is 0 Å². The van der Waals surface area contributed by atoms with Gasteiger partial charge in [-0.3, -0.25) is 9.71 Å². The first-order valence-corrected chi connectivity index (χ1v) is 9.39. The fourth-order valence-corrected chi connectivity index (χ4v) is 2.99. The highest BCUT2D eigenvalue weighted by molar-refractivity contribution is 7.92. The maximum atomic E-state index is 12.3. The summed E-state index contributed by atoms with van der Waals surface area (Å²) < 4.78 is 30.2. The Morgan fingerprint density at radius 2 is 1.88 bits per heavy atom. The number of benzene rings is 2. The van der Waals surface area contributed by atoms with Gasteiger partial charge in [-0.25, -0.2) is 13.2 Å². The number of rotatable bonds is 5. The van der Waals surface area contributed by atoms with E-state index < -0.39 is 16.0 Å². The van der Waals surface area contributed by atoms with Crippen LogP contribution >= 0.6 is 0 Å². The SMILES string of the molecule is CS(=O)(=O)Nc1cccc(C(=O)OCc2cccc3cccnc23)c1. The van der Waals surface area contributed by atoms with E-state index in [1.807, 2.05) is 30.3 Å². The van der Waals surface area contributed by atoms with Crippen molar-refractivity contribution in [1.82, 2.24) is 4.98 Å². The normalized spacial score (nSPS) is 11.2. The molecule has 1 heterocycles. The Morgan fingerprint density at radius 3 is 2.68 bits per heavy atom. The molecule has 0 saturated heterocycles. The number of aromatic nitrogens is 1. The lowest BCUT2D eigenvalue weighted by molar-refractivity contribution is 0.0474. The molecule has 0 bridgehead atoms. The molecule has 0 aliphatic heterocycles. The van der Waals surface area contributed by atoms with E-state index in [0.717, 1.165) is 22.7 Å². The van der Waals surface area contributed by atoms with E-state index in [9.17, 15) is 13.2 Å². The number of carbonyl (C=O) groups excluding carboxylic acids is 1. The van der Waals surface area contributed by atoms with Crippen LogP contribution in [0.1, 0.15) is 15.9 Å². The Hall–Kier alpha value is -2.93. The number of esters is 1. The highest BCUT2D eigenvalue weighted by Gasteiger charge is 2.11. The van der Waals surface area contributed by atoms with Crippen LogP contribution in [0, 0.1) is 0 Å². The molecule has 1 N–H and O–H groups in total. The average molecular weight is 356 g/mol. The van der Waals surface area contributed by atoms with E-state index in [4.69, 9.17) is 4.74 Å². The van der Waals surface area contributed by atoms with Gasteiger partial charge in [-0.15, -0.1) is 0 Å². The minimum Gasteiger partial charge on any atom is -0.457 e. The molecule has 6 nitrogen and oxygen atoms in total. The van der Waals surface area contributed by atoms with Gasteiger partial charge in [0.05, 0.1) is 17.3 Å². The minimum atomic E-state index is -3.41. The monoisotopic (exact) mass is 356 g/mol. The third-order valence-corrected chi connectivity index (χ3v) is 4.08. The molecule has 0 aliphatic carbocycles. The summed E-state index contributed by atoms with van der Waals surface area (Å²) in [4.78, 5) is 16.6. The predicted molar refractivity (Wildman–Crippen MR) is 95.8 cm³/mol. The molecule has 0 unspecified atom stereocenters. The molecule has 25 heavy (non-hydrogen) atoms. The van der Waals surface area contributed by atoms with Crippen molar-refractivity contribution < 1.29 is 17.9 Å². The fourth-order valence-electron chi connectivity index (χ4n) is 2.43. The van der Waals surface area contributed by atoms with Crippen LogP contribution in [0.15, 0.2) is 60.8 Å². The zero-order chi connectivity index (χ0) is 17.9. The summed E-state index contributed by atoms with van der Waals surface area (Å²) in [5, 5.41) is 0.968. The third-order valence-electron chi connectivity index (χ3n) is 3.48.